The number of carbonyl (C=O) groups is 1. The van der Waals surface area contributed by atoms with Gasteiger partial charge >= 0.3 is 0 Å². The van der Waals surface area contributed by atoms with E-state index in [2.05, 4.69) is 21.2 Å². The van der Waals surface area contributed by atoms with Crippen molar-refractivity contribution >= 4 is 27.5 Å². The van der Waals surface area contributed by atoms with Gasteiger partial charge in [-0.3, -0.25) is 4.79 Å². The fourth-order valence-electron chi connectivity index (χ4n) is 2.12. The second-order valence-electron chi connectivity index (χ2n) is 4.64. The molecule has 1 heterocycles. The third-order valence-corrected chi connectivity index (χ3v) is 3.82. The van der Waals surface area contributed by atoms with Gasteiger partial charge in [0, 0.05) is 11.0 Å². The standard InChI is InChI=1S/C16H14BrNO3/c17-9-11-5-1-2-6-12(11)18-16(19)15-10-20-13-7-3-4-8-14(13)21-15/h1-8,15H,9-10H2,(H,18,19). The second kappa shape index (κ2) is 6.18. The van der Waals surface area contributed by atoms with Gasteiger partial charge in [0.05, 0.1) is 0 Å². The Balaban J connectivity index is 1.72. The lowest BCUT2D eigenvalue weighted by atomic mass is 10.2. The molecule has 0 saturated carbocycles. The number of anilines is 1. The highest BCUT2D eigenvalue weighted by Gasteiger charge is 2.27. The fourth-order valence-corrected chi connectivity index (χ4v) is 2.61. The number of benzene rings is 2. The number of alkyl halides is 1. The molecule has 0 saturated heterocycles. The van der Waals surface area contributed by atoms with Crippen LogP contribution in [-0.4, -0.2) is 18.6 Å². The number of carbonyl (C=O) groups excluding carboxylic acids is 1. The molecular formula is C16H14BrNO3. The number of ether oxygens (including phenoxy) is 2. The molecule has 1 N–H and O–H groups in total. The lowest BCUT2D eigenvalue weighted by Gasteiger charge is -2.25. The molecule has 0 aliphatic carbocycles. The van der Waals surface area contributed by atoms with E-state index in [1.54, 1.807) is 6.07 Å². The van der Waals surface area contributed by atoms with Crippen molar-refractivity contribution in [2.75, 3.05) is 11.9 Å². The van der Waals surface area contributed by atoms with Gasteiger partial charge in [-0.05, 0) is 23.8 Å². The predicted molar refractivity (Wildman–Crippen MR) is 84.1 cm³/mol. The average molecular weight is 348 g/mol. The predicted octanol–water partition coefficient (Wildman–Crippen LogP) is 3.36. The van der Waals surface area contributed by atoms with E-state index in [-0.39, 0.29) is 12.5 Å². The first kappa shape index (κ1) is 13.9. The monoisotopic (exact) mass is 347 g/mol. The van der Waals surface area contributed by atoms with Gasteiger partial charge in [-0.2, -0.15) is 0 Å². The Bertz CT molecular complexity index is 659. The van der Waals surface area contributed by atoms with Gasteiger partial charge in [0.25, 0.3) is 5.91 Å². The molecule has 2 aromatic rings. The molecule has 0 fully saturated rings. The van der Waals surface area contributed by atoms with Gasteiger partial charge in [0.2, 0.25) is 6.10 Å². The Kier molecular flexibility index (Phi) is 4.10. The van der Waals surface area contributed by atoms with Crippen LogP contribution in [0.1, 0.15) is 5.56 Å². The van der Waals surface area contributed by atoms with Gasteiger partial charge in [-0.25, -0.2) is 0 Å². The minimum atomic E-state index is -0.650. The first-order valence-corrected chi connectivity index (χ1v) is 7.73. The molecule has 0 aromatic heterocycles. The van der Waals surface area contributed by atoms with Crippen molar-refractivity contribution in [3.05, 3.63) is 54.1 Å². The summed E-state index contributed by atoms with van der Waals surface area (Å²) in [5.41, 5.74) is 1.80. The molecule has 0 bridgehead atoms. The Labute approximate surface area is 131 Å². The summed E-state index contributed by atoms with van der Waals surface area (Å²) in [6.07, 6.45) is -0.650. The van der Waals surface area contributed by atoms with Crippen LogP contribution >= 0.6 is 15.9 Å². The van der Waals surface area contributed by atoms with E-state index in [1.807, 2.05) is 42.5 Å². The zero-order valence-electron chi connectivity index (χ0n) is 11.2. The van der Waals surface area contributed by atoms with Gasteiger partial charge < -0.3 is 14.8 Å². The molecular weight excluding hydrogens is 334 g/mol. The fraction of sp³-hybridized carbons (Fsp3) is 0.188. The van der Waals surface area contributed by atoms with E-state index in [0.717, 1.165) is 11.3 Å². The quantitative estimate of drug-likeness (QED) is 0.866. The maximum absolute atomic E-state index is 12.3. The van der Waals surface area contributed by atoms with Crippen LogP contribution < -0.4 is 14.8 Å². The highest BCUT2D eigenvalue weighted by atomic mass is 79.9. The minimum absolute atomic E-state index is 0.208. The summed E-state index contributed by atoms with van der Waals surface area (Å²) in [6, 6.07) is 15.0. The smallest absolute Gasteiger partial charge is 0.269 e. The molecule has 2 aromatic carbocycles. The molecule has 0 spiro atoms. The molecule has 1 aliphatic heterocycles. The van der Waals surface area contributed by atoms with Gasteiger partial charge in [-0.15, -0.1) is 0 Å². The van der Waals surface area contributed by atoms with E-state index in [1.165, 1.54) is 0 Å². The number of fused-ring (bicyclic) bond motifs is 1. The third-order valence-electron chi connectivity index (χ3n) is 3.22. The number of para-hydroxylation sites is 3. The summed E-state index contributed by atoms with van der Waals surface area (Å²) in [7, 11) is 0. The van der Waals surface area contributed by atoms with E-state index < -0.39 is 6.10 Å². The summed E-state index contributed by atoms with van der Waals surface area (Å²) >= 11 is 3.41. The molecule has 1 amide bonds. The van der Waals surface area contributed by atoms with Crippen LogP contribution in [0.15, 0.2) is 48.5 Å². The van der Waals surface area contributed by atoms with Gasteiger partial charge in [0.1, 0.15) is 6.61 Å². The van der Waals surface area contributed by atoms with Crippen molar-refractivity contribution in [1.82, 2.24) is 0 Å². The van der Waals surface area contributed by atoms with E-state index in [4.69, 9.17) is 9.47 Å². The minimum Gasteiger partial charge on any atom is -0.485 e. The zero-order valence-corrected chi connectivity index (χ0v) is 12.8. The summed E-state index contributed by atoms with van der Waals surface area (Å²) in [6.45, 7) is 0.208. The second-order valence-corrected chi connectivity index (χ2v) is 5.20. The zero-order chi connectivity index (χ0) is 14.7. The van der Waals surface area contributed by atoms with E-state index in [0.29, 0.717) is 16.8 Å². The SMILES string of the molecule is O=C(Nc1ccccc1CBr)C1COc2ccccc2O1. The van der Waals surface area contributed by atoms with Crippen LogP contribution in [0.5, 0.6) is 11.5 Å². The molecule has 108 valence electrons. The van der Waals surface area contributed by atoms with Crippen molar-refractivity contribution in [2.45, 2.75) is 11.4 Å². The summed E-state index contributed by atoms with van der Waals surface area (Å²) in [4.78, 5) is 12.3. The largest absolute Gasteiger partial charge is 0.485 e. The van der Waals surface area contributed by atoms with E-state index in [9.17, 15) is 4.79 Å². The third kappa shape index (κ3) is 3.03. The Morgan fingerprint density at radius 2 is 1.86 bits per heavy atom. The van der Waals surface area contributed by atoms with Gasteiger partial charge in [-0.1, -0.05) is 46.3 Å². The molecule has 21 heavy (non-hydrogen) atoms. The number of amides is 1. The highest BCUT2D eigenvalue weighted by molar-refractivity contribution is 9.08. The Morgan fingerprint density at radius 3 is 2.67 bits per heavy atom. The first-order valence-electron chi connectivity index (χ1n) is 6.61. The van der Waals surface area contributed by atoms with Crippen LogP contribution in [0, 0.1) is 0 Å². The highest BCUT2D eigenvalue weighted by Crippen LogP contribution is 2.31. The van der Waals surface area contributed by atoms with Gasteiger partial charge in [0.15, 0.2) is 11.5 Å². The number of halogens is 1. The van der Waals surface area contributed by atoms with Crippen LogP contribution in [0.4, 0.5) is 5.69 Å². The number of rotatable bonds is 3. The molecule has 1 unspecified atom stereocenters. The maximum atomic E-state index is 12.3. The molecule has 3 rings (SSSR count). The topological polar surface area (TPSA) is 47.6 Å². The van der Waals surface area contributed by atoms with Crippen molar-refractivity contribution in [1.29, 1.82) is 0 Å². The van der Waals surface area contributed by atoms with Crippen LogP contribution in [0.3, 0.4) is 0 Å². The lowest BCUT2D eigenvalue weighted by molar-refractivity contribution is -0.125. The molecule has 0 radical (unpaired) electrons. The number of hydrogen-bond donors (Lipinski definition) is 1. The Hall–Kier alpha value is -2.01. The van der Waals surface area contributed by atoms with Crippen molar-refractivity contribution in [2.24, 2.45) is 0 Å². The summed E-state index contributed by atoms with van der Waals surface area (Å²) in [5, 5.41) is 3.56. The summed E-state index contributed by atoms with van der Waals surface area (Å²) < 4.78 is 11.2. The van der Waals surface area contributed by atoms with Crippen molar-refractivity contribution < 1.29 is 14.3 Å². The lowest BCUT2D eigenvalue weighted by Crippen LogP contribution is -2.40. The molecule has 1 atom stereocenters. The van der Waals surface area contributed by atoms with Crippen LogP contribution in [0.2, 0.25) is 0 Å². The molecule has 5 heteroatoms. The number of hydrogen-bond acceptors (Lipinski definition) is 3. The first-order chi connectivity index (χ1) is 10.3. The molecule has 4 nitrogen and oxygen atoms in total. The number of nitrogens with one attached hydrogen (secondary N) is 1. The molecule has 1 aliphatic rings. The van der Waals surface area contributed by atoms with Crippen molar-refractivity contribution in [3.63, 3.8) is 0 Å². The average Bonchev–Trinajstić information content (AvgIpc) is 2.55. The van der Waals surface area contributed by atoms with Crippen molar-refractivity contribution in [3.8, 4) is 11.5 Å². The maximum Gasteiger partial charge on any atom is 0.269 e. The van der Waals surface area contributed by atoms with E-state index >= 15 is 0 Å². The summed E-state index contributed by atoms with van der Waals surface area (Å²) in [5.74, 6) is 1.05. The Morgan fingerprint density at radius 1 is 1.14 bits per heavy atom. The normalized spacial score (nSPS) is 16.3. The van der Waals surface area contributed by atoms with Crippen LogP contribution in [-0.2, 0) is 10.1 Å². The van der Waals surface area contributed by atoms with Crippen LogP contribution in [0.25, 0.3) is 0 Å².